The van der Waals surface area contributed by atoms with Crippen molar-refractivity contribution in [2.45, 2.75) is 160 Å². The second-order valence-electron chi connectivity index (χ2n) is 19.3. The summed E-state index contributed by atoms with van der Waals surface area (Å²) in [4.78, 5) is 128. The predicted molar refractivity (Wildman–Crippen MR) is 237 cm³/mol. The highest BCUT2D eigenvalue weighted by Gasteiger charge is 2.66. The van der Waals surface area contributed by atoms with Crippen molar-refractivity contribution in [1.29, 1.82) is 0 Å². The largest absolute Gasteiger partial charge is 0.508 e. The van der Waals surface area contributed by atoms with Gasteiger partial charge in [-0.05, 0) is 61.1 Å². The third-order valence-electron chi connectivity index (χ3n) is 13.6. The van der Waals surface area contributed by atoms with Crippen LogP contribution in [0.5, 0.6) is 5.75 Å². The highest BCUT2D eigenvalue weighted by atomic mass is 16.5. The van der Waals surface area contributed by atoms with E-state index in [9.17, 15) is 53.4 Å². The lowest BCUT2D eigenvalue weighted by Crippen LogP contribution is -2.66. The smallest absolute Gasteiger partial charge is 0.329 e. The molecule has 364 valence electrons. The van der Waals surface area contributed by atoms with E-state index in [1.807, 2.05) is 20.8 Å². The van der Waals surface area contributed by atoms with Gasteiger partial charge in [-0.3, -0.25) is 38.4 Å². The maximum Gasteiger partial charge on any atom is 0.329 e. The van der Waals surface area contributed by atoms with E-state index in [1.54, 1.807) is 39.8 Å². The second-order valence-corrected chi connectivity index (χ2v) is 19.3. The number of nitrogens with two attached hydrogens (primary N) is 1. The van der Waals surface area contributed by atoms with Crippen molar-refractivity contribution >= 4 is 53.2 Å². The van der Waals surface area contributed by atoms with E-state index >= 15 is 0 Å². The molecule has 0 radical (unpaired) electrons. The van der Waals surface area contributed by atoms with Gasteiger partial charge in [0, 0.05) is 32.2 Å². The fourth-order valence-electron chi connectivity index (χ4n) is 9.30. The molecule has 1 aliphatic carbocycles. The van der Waals surface area contributed by atoms with Crippen LogP contribution >= 0.6 is 0 Å². The van der Waals surface area contributed by atoms with Crippen molar-refractivity contribution < 1.29 is 58.1 Å². The van der Waals surface area contributed by atoms with Crippen LogP contribution in [0.1, 0.15) is 105 Å². The van der Waals surface area contributed by atoms with Crippen molar-refractivity contribution in [3.8, 4) is 5.75 Å². The van der Waals surface area contributed by atoms with Gasteiger partial charge in [0.1, 0.15) is 54.3 Å². The molecule has 1 saturated carbocycles. The Morgan fingerprint density at radius 2 is 1.59 bits per heavy atom. The number of nitrogens with zero attached hydrogens (tertiary/aromatic N) is 2. The van der Waals surface area contributed by atoms with Crippen LogP contribution in [0.4, 0.5) is 0 Å². The average molecular weight is 925 g/mol. The number of phenols is 1. The fraction of sp³-hybridized carbons (Fsp3) is 0.674. The zero-order valence-electron chi connectivity index (χ0n) is 39.1. The summed E-state index contributed by atoms with van der Waals surface area (Å²) < 4.78 is 5.93. The number of carbonyl (C=O) groups is 9. The minimum absolute atomic E-state index is 0.0315. The van der Waals surface area contributed by atoms with E-state index in [4.69, 9.17) is 10.5 Å². The minimum Gasteiger partial charge on any atom is -0.508 e. The summed E-state index contributed by atoms with van der Waals surface area (Å²) in [5.74, 6) is -9.47. The van der Waals surface area contributed by atoms with Gasteiger partial charge in [-0.25, -0.2) is 4.79 Å². The number of likely N-dealkylation sites (N-methyl/N-ethyl adjacent to an activating group) is 1. The third kappa shape index (κ3) is 11.6. The minimum atomic E-state index is -1.67. The lowest BCUT2D eigenvalue weighted by atomic mass is 9.85. The monoisotopic (exact) mass is 924 g/mol. The number of ether oxygens (including phenoxy) is 1. The first-order valence-electron chi connectivity index (χ1n) is 23.1. The van der Waals surface area contributed by atoms with E-state index in [2.05, 4.69) is 26.6 Å². The molecule has 6 aliphatic heterocycles. The molecular formula is C46H68N8O12. The quantitative estimate of drug-likeness (QED) is 0.113. The third-order valence-corrected chi connectivity index (χ3v) is 13.6. The van der Waals surface area contributed by atoms with Crippen LogP contribution in [0.2, 0.25) is 0 Å². The Labute approximate surface area is 385 Å². The highest BCUT2D eigenvalue weighted by Crippen LogP contribution is 2.53. The lowest BCUT2D eigenvalue weighted by molar-refractivity contribution is -0.169. The first kappa shape index (κ1) is 51.2. The van der Waals surface area contributed by atoms with Gasteiger partial charge >= 0.3 is 5.97 Å². The molecule has 8 rings (SSSR count). The number of amides is 8. The summed E-state index contributed by atoms with van der Waals surface area (Å²) in [5, 5.41) is 35.5. The molecule has 9 N–H and O–H groups in total. The number of benzene rings is 1. The first-order valence-corrected chi connectivity index (χ1v) is 23.1. The molecular weight excluding hydrogens is 857 g/mol. The van der Waals surface area contributed by atoms with E-state index in [0.29, 0.717) is 12.0 Å². The molecule has 1 aromatic rings. The lowest BCUT2D eigenvalue weighted by Gasteiger charge is -2.44. The zero-order chi connectivity index (χ0) is 48.9. The standard InChI is InChI=1S/C46H68N8O12/c1-9-24(7)37-44(64)53(8)31(18-25-11-13-27(55)14-12-25)41(61)50-35-26(10-2)19-32(66-45(35)65)36(51-39(59)29(15-16-33(47)56)48-38(58)23(5)6)42(62)49-30(17-22(3)4)40(60)52-46-20-28(46)43(63)54(37)34(57)21-46/h11-14,22-24,26,28-32,34-37,55,57H,9-10,15-21H2,1-8H3,(H2,47,56)(H,48,58)(H,49,62)(H,50,61)(H,51,59)(H,52,60)/t24?,26?,28?,29-,30?,31?,32?,34-,35-,36-,37?,46?/m0/s1. The van der Waals surface area contributed by atoms with E-state index < -0.39 is 131 Å². The number of hydrogen-bond acceptors (Lipinski definition) is 12. The number of aliphatic hydroxyl groups is 1. The zero-order valence-corrected chi connectivity index (χ0v) is 39.1. The van der Waals surface area contributed by atoms with Gasteiger partial charge in [0.15, 0.2) is 0 Å². The van der Waals surface area contributed by atoms with Crippen LogP contribution in [0.25, 0.3) is 0 Å². The van der Waals surface area contributed by atoms with Crippen molar-refractivity contribution in [3.05, 3.63) is 29.8 Å². The number of rotatable bonds is 14. The van der Waals surface area contributed by atoms with Crippen molar-refractivity contribution in [1.82, 2.24) is 36.4 Å². The maximum atomic E-state index is 14.8. The molecule has 66 heavy (non-hydrogen) atoms. The van der Waals surface area contributed by atoms with Crippen molar-refractivity contribution in [2.75, 3.05) is 7.05 Å². The average Bonchev–Trinajstić information content (AvgIpc) is 3.97. The number of esters is 1. The number of nitrogens with one attached hydrogen (secondary N) is 5. The Morgan fingerprint density at radius 3 is 2.18 bits per heavy atom. The topological polar surface area (TPSA) is 296 Å². The molecule has 20 nitrogen and oxygen atoms in total. The van der Waals surface area contributed by atoms with Crippen LogP contribution < -0.4 is 32.3 Å². The van der Waals surface area contributed by atoms with Crippen LogP contribution in [0.15, 0.2) is 24.3 Å². The second kappa shape index (κ2) is 21.2. The van der Waals surface area contributed by atoms with E-state index in [1.165, 1.54) is 24.1 Å². The molecule has 8 amide bonds. The molecule has 4 bridgehead atoms. The Hall–Kier alpha value is -5.79. The highest BCUT2D eigenvalue weighted by molar-refractivity contribution is 5.98. The van der Waals surface area contributed by atoms with E-state index in [-0.39, 0.29) is 63.0 Å². The fourth-order valence-corrected chi connectivity index (χ4v) is 9.30. The molecule has 1 aromatic carbocycles. The summed E-state index contributed by atoms with van der Waals surface area (Å²) in [6.07, 6.45) is -2.84. The van der Waals surface area contributed by atoms with Crippen molar-refractivity contribution in [2.24, 2.45) is 35.3 Å². The molecule has 6 saturated heterocycles. The molecule has 1 spiro atoms. The summed E-state index contributed by atoms with van der Waals surface area (Å²) >= 11 is 0. The van der Waals surface area contributed by atoms with E-state index in [0.717, 1.165) is 4.90 Å². The number of primary amides is 1. The van der Waals surface area contributed by atoms with Gasteiger partial charge in [-0.1, -0.05) is 73.4 Å². The van der Waals surface area contributed by atoms with Crippen LogP contribution in [-0.4, -0.2) is 134 Å². The van der Waals surface area contributed by atoms with Crippen LogP contribution in [0.3, 0.4) is 0 Å². The van der Waals surface area contributed by atoms with Crippen molar-refractivity contribution in [3.63, 3.8) is 0 Å². The number of aliphatic hydroxyl groups excluding tert-OH is 1. The summed E-state index contributed by atoms with van der Waals surface area (Å²) in [6, 6.07) is -2.10. The molecule has 7 fully saturated rings. The number of aromatic hydroxyl groups is 1. The van der Waals surface area contributed by atoms with Gasteiger partial charge in [0.2, 0.25) is 47.3 Å². The van der Waals surface area contributed by atoms with Crippen LogP contribution in [-0.2, 0) is 54.3 Å². The summed E-state index contributed by atoms with van der Waals surface area (Å²) in [5.41, 5.74) is 4.73. The summed E-state index contributed by atoms with van der Waals surface area (Å²) in [6.45, 7) is 12.2. The Balaban J connectivity index is 1.60. The SMILES string of the molecule is CCC(C)C1C(=O)N(C)C(Cc2ccc(O)cc2)C(=O)N[C@@H]2C(=O)OC(CC2CC)[C@H](NC(=O)[C@H](CCC(N)=O)NC(=O)C(C)C)C(=O)NC(CC(C)C)C(=O)NC23CC2C(=O)N1[C@@H](O)C3. The first-order chi connectivity index (χ1) is 31.0. The Morgan fingerprint density at radius 1 is 0.924 bits per heavy atom. The van der Waals surface area contributed by atoms with Gasteiger partial charge in [-0.15, -0.1) is 0 Å². The predicted octanol–water partition coefficient (Wildman–Crippen LogP) is -0.136. The van der Waals surface area contributed by atoms with Crippen LogP contribution in [0, 0.1) is 29.6 Å². The summed E-state index contributed by atoms with van der Waals surface area (Å²) in [7, 11) is 1.41. The van der Waals surface area contributed by atoms with Gasteiger partial charge in [0.25, 0.3) is 0 Å². The number of phenolic OH excluding ortho intramolecular Hbond substituents is 1. The van der Waals surface area contributed by atoms with Gasteiger partial charge in [-0.2, -0.15) is 0 Å². The Kier molecular flexibility index (Phi) is 16.5. The molecule has 7 aliphatic rings. The maximum absolute atomic E-state index is 14.8. The van der Waals surface area contributed by atoms with Gasteiger partial charge < -0.3 is 57.1 Å². The van der Waals surface area contributed by atoms with Gasteiger partial charge in [0.05, 0.1) is 11.5 Å². The number of hydrogen-bond donors (Lipinski definition) is 8. The molecule has 8 unspecified atom stereocenters. The number of piperidine rings is 1. The molecule has 12 atom stereocenters. The number of carbonyl (C=O) groups excluding carboxylic acids is 9. The molecule has 6 heterocycles. The normalized spacial score (nSPS) is 30.4. The molecule has 20 heteroatoms. The Bertz CT molecular complexity index is 2030. The molecule has 0 aromatic heterocycles.